The molecule has 0 aromatic carbocycles. The zero-order chi connectivity index (χ0) is 14.5. The highest BCUT2D eigenvalue weighted by Crippen LogP contribution is 2.23. The molecule has 20 heavy (non-hydrogen) atoms. The van der Waals surface area contributed by atoms with Crippen LogP contribution in [-0.4, -0.2) is 37.0 Å². The maximum absolute atomic E-state index is 12.0. The summed E-state index contributed by atoms with van der Waals surface area (Å²) in [6, 6.07) is 3.92. The second-order valence-electron chi connectivity index (χ2n) is 4.60. The molecule has 1 aromatic heterocycles. The zero-order valence-electron chi connectivity index (χ0n) is 11.2. The summed E-state index contributed by atoms with van der Waals surface area (Å²) < 4.78 is 5.78. The van der Waals surface area contributed by atoms with Crippen LogP contribution >= 0.6 is 27.3 Å². The molecule has 0 aliphatic carbocycles. The summed E-state index contributed by atoms with van der Waals surface area (Å²) in [5.74, 6) is -0.241. The van der Waals surface area contributed by atoms with Crippen molar-refractivity contribution in [2.45, 2.75) is 12.8 Å². The van der Waals surface area contributed by atoms with Gasteiger partial charge < -0.3 is 9.64 Å². The number of carbonyl (C=O) groups is 2. The predicted molar refractivity (Wildman–Crippen MR) is 82.4 cm³/mol. The molecule has 1 saturated heterocycles. The predicted octanol–water partition coefficient (Wildman–Crippen LogP) is 2.94. The van der Waals surface area contributed by atoms with E-state index >= 15 is 0 Å². The minimum atomic E-state index is -0.170. The zero-order valence-corrected chi connectivity index (χ0v) is 13.6. The standard InChI is InChI=1S/C14H16BrNO3S/c1-19-14(18)10-6-8-16(9-7-10)13(17)5-3-11-2-4-12(15)20-11/h2-5,10H,6-9H2,1H3/b5-3-. The van der Waals surface area contributed by atoms with Gasteiger partial charge in [-0.3, -0.25) is 9.59 Å². The van der Waals surface area contributed by atoms with E-state index in [1.165, 1.54) is 7.11 Å². The number of amides is 1. The molecule has 0 N–H and O–H groups in total. The number of piperidine rings is 1. The molecule has 0 saturated carbocycles. The van der Waals surface area contributed by atoms with Crippen LogP contribution in [0.25, 0.3) is 6.08 Å². The van der Waals surface area contributed by atoms with Gasteiger partial charge in [0, 0.05) is 24.0 Å². The third kappa shape index (κ3) is 3.93. The molecule has 1 aromatic rings. The summed E-state index contributed by atoms with van der Waals surface area (Å²) in [6.45, 7) is 1.22. The Bertz CT molecular complexity index is 518. The first kappa shape index (κ1) is 15.3. The first-order valence-electron chi connectivity index (χ1n) is 6.40. The second-order valence-corrected chi connectivity index (χ2v) is 7.09. The number of ether oxygens (including phenoxy) is 1. The van der Waals surface area contributed by atoms with Crippen LogP contribution in [-0.2, 0) is 14.3 Å². The number of esters is 1. The summed E-state index contributed by atoms with van der Waals surface area (Å²) in [5.41, 5.74) is 0. The first-order valence-corrected chi connectivity index (χ1v) is 8.01. The minimum absolute atomic E-state index is 0.00200. The van der Waals surface area contributed by atoms with E-state index in [2.05, 4.69) is 15.9 Å². The van der Waals surface area contributed by atoms with Crippen LogP contribution in [0.15, 0.2) is 22.0 Å². The number of rotatable bonds is 3. The number of carbonyl (C=O) groups excluding carboxylic acids is 2. The van der Waals surface area contributed by atoms with E-state index in [4.69, 9.17) is 4.74 Å². The average Bonchev–Trinajstić information content (AvgIpc) is 2.89. The summed E-state index contributed by atoms with van der Waals surface area (Å²) >= 11 is 4.97. The summed E-state index contributed by atoms with van der Waals surface area (Å²) in [7, 11) is 1.40. The molecule has 4 nitrogen and oxygen atoms in total. The van der Waals surface area contributed by atoms with Crippen molar-refractivity contribution in [3.63, 3.8) is 0 Å². The lowest BCUT2D eigenvalue weighted by molar-refractivity contribution is -0.148. The van der Waals surface area contributed by atoms with Gasteiger partial charge >= 0.3 is 5.97 Å². The van der Waals surface area contributed by atoms with Gasteiger partial charge in [0.15, 0.2) is 0 Å². The number of thiophene rings is 1. The van der Waals surface area contributed by atoms with Crippen molar-refractivity contribution in [2.24, 2.45) is 5.92 Å². The van der Waals surface area contributed by atoms with Crippen molar-refractivity contribution >= 4 is 45.2 Å². The van der Waals surface area contributed by atoms with E-state index in [1.54, 1.807) is 22.3 Å². The lowest BCUT2D eigenvalue weighted by Gasteiger charge is -2.29. The van der Waals surface area contributed by atoms with Gasteiger partial charge in [0.1, 0.15) is 0 Å². The van der Waals surface area contributed by atoms with Crippen LogP contribution in [0.2, 0.25) is 0 Å². The van der Waals surface area contributed by atoms with Gasteiger partial charge in [0.25, 0.3) is 0 Å². The number of methoxy groups -OCH3 is 1. The molecule has 1 amide bonds. The quantitative estimate of drug-likeness (QED) is 0.617. The molecular weight excluding hydrogens is 342 g/mol. The Morgan fingerprint density at radius 1 is 1.40 bits per heavy atom. The molecule has 1 fully saturated rings. The van der Waals surface area contributed by atoms with E-state index < -0.39 is 0 Å². The molecule has 6 heteroatoms. The number of hydrogen-bond donors (Lipinski definition) is 0. The summed E-state index contributed by atoms with van der Waals surface area (Å²) in [5, 5.41) is 0. The lowest BCUT2D eigenvalue weighted by atomic mass is 9.97. The van der Waals surface area contributed by atoms with E-state index in [-0.39, 0.29) is 17.8 Å². The second kappa shape index (κ2) is 7.04. The molecule has 0 radical (unpaired) electrons. The SMILES string of the molecule is COC(=O)C1CCN(C(=O)/C=C\c2ccc(Br)s2)CC1. The van der Waals surface area contributed by atoms with Crippen LogP contribution in [0.1, 0.15) is 17.7 Å². The van der Waals surface area contributed by atoms with Crippen molar-refractivity contribution in [1.82, 2.24) is 4.90 Å². The molecular formula is C14H16BrNO3S. The maximum atomic E-state index is 12.0. The van der Waals surface area contributed by atoms with Crippen molar-refractivity contribution in [3.8, 4) is 0 Å². The van der Waals surface area contributed by atoms with Gasteiger partial charge in [-0.25, -0.2) is 0 Å². The molecule has 1 aliphatic rings. The van der Waals surface area contributed by atoms with Gasteiger partial charge in [0.2, 0.25) is 5.91 Å². The number of nitrogens with zero attached hydrogens (tertiary/aromatic N) is 1. The van der Waals surface area contributed by atoms with Crippen LogP contribution in [0, 0.1) is 5.92 Å². The molecule has 0 atom stereocenters. The minimum Gasteiger partial charge on any atom is -0.469 e. The van der Waals surface area contributed by atoms with Gasteiger partial charge in [-0.05, 0) is 47.0 Å². The largest absolute Gasteiger partial charge is 0.469 e. The lowest BCUT2D eigenvalue weighted by Crippen LogP contribution is -2.39. The molecule has 0 unspecified atom stereocenters. The highest BCUT2D eigenvalue weighted by molar-refractivity contribution is 9.11. The molecule has 2 heterocycles. The smallest absolute Gasteiger partial charge is 0.308 e. The van der Waals surface area contributed by atoms with Crippen LogP contribution in [0.3, 0.4) is 0 Å². The van der Waals surface area contributed by atoms with Crippen LogP contribution in [0.4, 0.5) is 0 Å². The normalized spacial score (nSPS) is 16.6. The number of halogens is 1. The molecule has 0 bridgehead atoms. The Labute approximate surface area is 130 Å². The van der Waals surface area contributed by atoms with Gasteiger partial charge in [-0.2, -0.15) is 0 Å². The van der Waals surface area contributed by atoms with Gasteiger partial charge in [-0.15, -0.1) is 11.3 Å². The first-order chi connectivity index (χ1) is 9.60. The Balaban J connectivity index is 1.86. The number of hydrogen-bond acceptors (Lipinski definition) is 4. The Hall–Kier alpha value is -1.14. The fourth-order valence-corrected chi connectivity index (χ4v) is 3.51. The highest BCUT2D eigenvalue weighted by Gasteiger charge is 2.26. The topological polar surface area (TPSA) is 46.6 Å². The van der Waals surface area contributed by atoms with E-state index in [0.29, 0.717) is 25.9 Å². The maximum Gasteiger partial charge on any atom is 0.308 e. The van der Waals surface area contributed by atoms with Crippen LogP contribution in [0.5, 0.6) is 0 Å². The third-order valence-corrected chi connectivity index (χ3v) is 4.91. The Kier molecular flexibility index (Phi) is 5.37. The van der Waals surface area contributed by atoms with Crippen molar-refractivity contribution in [3.05, 3.63) is 26.9 Å². The van der Waals surface area contributed by atoms with E-state index in [9.17, 15) is 9.59 Å². The Morgan fingerprint density at radius 3 is 2.65 bits per heavy atom. The van der Waals surface area contributed by atoms with Crippen molar-refractivity contribution in [1.29, 1.82) is 0 Å². The monoisotopic (exact) mass is 357 g/mol. The van der Waals surface area contributed by atoms with E-state index in [0.717, 1.165) is 8.66 Å². The number of likely N-dealkylation sites (tertiary alicyclic amines) is 1. The van der Waals surface area contributed by atoms with Crippen LogP contribution < -0.4 is 0 Å². The fourth-order valence-electron chi connectivity index (χ4n) is 2.18. The molecule has 108 valence electrons. The van der Waals surface area contributed by atoms with Crippen molar-refractivity contribution in [2.75, 3.05) is 20.2 Å². The summed E-state index contributed by atoms with van der Waals surface area (Å²) in [4.78, 5) is 26.3. The van der Waals surface area contributed by atoms with E-state index in [1.807, 2.05) is 18.2 Å². The highest BCUT2D eigenvalue weighted by atomic mass is 79.9. The third-order valence-electron chi connectivity index (χ3n) is 3.33. The Morgan fingerprint density at radius 2 is 2.10 bits per heavy atom. The van der Waals surface area contributed by atoms with Gasteiger partial charge in [-0.1, -0.05) is 0 Å². The van der Waals surface area contributed by atoms with Crippen molar-refractivity contribution < 1.29 is 14.3 Å². The molecule has 1 aliphatic heterocycles. The fraction of sp³-hybridized carbons (Fsp3) is 0.429. The summed E-state index contributed by atoms with van der Waals surface area (Å²) in [6.07, 6.45) is 4.77. The van der Waals surface area contributed by atoms with Gasteiger partial charge in [0.05, 0.1) is 16.8 Å². The average molecular weight is 358 g/mol. The molecule has 2 rings (SSSR count). The molecule has 0 spiro atoms.